The first kappa shape index (κ1) is 50.9. The molecule has 4 fully saturated rings. The van der Waals surface area contributed by atoms with Crippen molar-refractivity contribution in [2.24, 2.45) is 0 Å². The highest BCUT2D eigenvalue weighted by Crippen LogP contribution is 2.33. The number of hydrogen-bond acceptors (Lipinski definition) is 20. The summed E-state index contributed by atoms with van der Waals surface area (Å²) in [7, 11) is 0. The van der Waals surface area contributed by atoms with Crippen molar-refractivity contribution in [2.75, 3.05) is 97.0 Å². The lowest BCUT2D eigenvalue weighted by Gasteiger charge is -2.17. The molecule has 0 aromatic carbocycles. The SMILES string of the molecule is CSc1nc(N2CCCC2)c2cn(CCCCCn3ncc4c(N5CCCC5)nc(SC)nc43)nc2n1.CSc1nc(N2CCCC2)c2cn(CCCCCn3ncc4c(N5CCCC5)nc(SC)nc43)nc2n1. The van der Waals surface area contributed by atoms with Gasteiger partial charge in [-0.25, -0.2) is 49.2 Å². The molecule has 4 saturated heterocycles. The second kappa shape index (κ2) is 23.8. The molecule has 0 radical (unpaired) electrons. The fourth-order valence-electron chi connectivity index (χ4n) is 10.7. The zero-order chi connectivity index (χ0) is 50.4. The molecule has 392 valence electrons. The average molecular weight is 1080 g/mol. The highest BCUT2D eigenvalue weighted by molar-refractivity contribution is 7.99. The molecule has 20 nitrogen and oxygen atoms in total. The molecule has 0 N–H and O–H groups in total. The van der Waals surface area contributed by atoms with E-state index < -0.39 is 0 Å². The van der Waals surface area contributed by atoms with E-state index in [0.29, 0.717) is 0 Å². The number of unbranched alkanes of at least 4 members (excludes halogenated alkanes) is 4. The van der Waals surface area contributed by atoms with Crippen LogP contribution in [0.1, 0.15) is 89.9 Å². The second-order valence-corrected chi connectivity index (χ2v) is 22.6. The van der Waals surface area contributed by atoms with Crippen molar-refractivity contribution in [3.63, 3.8) is 0 Å². The third-order valence-electron chi connectivity index (χ3n) is 14.6. The first-order chi connectivity index (χ1) is 36.5. The molecule has 0 aliphatic carbocycles. The van der Waals surface area contributed by atoms with Gasteiger partial charge in [0.1, 0.15) is 23.3 Å². The van der Waals surface area contributed by atoms with Crippen molar-refractivity contribution in [3.8, 4) is 0 Å². The van der Waals surface area contributed by atoms with Crippen LogP contribution in [0, 0.1) is 0 Å². The van der Waals surface area contributed by atoms with Crippen LogP contribution < -0.4 is 19.6 Å². The molecule has 0 unspecified atom stereocenters. The summed E-state index contributed by atoms with van der Waals surface area (Å²) < 4.78 is 8.21. The van der Waals surface area contributed by atoms with E-state index >= 15 is 0 Å². The summed E-state index contributed by atoms with van der Waals surface area (Å²) in [6.45, 7) is 12.0. The van der Waals surface area contributed by atoms with Crippen molar-refractivity contribution in [1.82, 2.24) is 79.0 Å². The molecule has 0 atom stereocenters. The molecule has 0 bridgehead atoms. The van der Waals surface area contributed by atoms with Crippen LogP contribution >= 0.6 is 47.0 Å². The van der Waals surface area contributed by atoms with Crippen LogP contribution in [0.2, 0.25) is 0 Å². The zero-order valence-electron chi connectivity index (χ0n) is 43.3. The minimum Gasteiger partial charge on any atom is -0.356 e. The van der Waals surface area contributed by atoms with E-state index in [-0.39, 0.29) is 0 Å². The lowest BCUT2D eigenvalue weighted by molar-refractivity contribution is 0.507. The summed E-state index contributed by atoms with van der Waals surface area (Å²) in [5.74, 6) is 4.18. The quantitative estimate of drug-likeness (QED) is 0.0399. The number of fused-ring (bicyclic) bond motifs is 4. The van der Waals surface area contributed by atoms with E-state index in [9.17, 15) is 0 Å². The predicted octanol–water partition coefficient (Wildman–Crippen LogP) is 8.96. The Morgan fingerprint density at radius 1 is 0.365 bits per heavy atom. The summed E-state index contributed by atoms with van der Waals surface area (Å²) in [5.41, 5.74) is 3.53. The monoisotopic (exact) mass is 1080 g/mol. The molecule has 74 heavy (non-hydrogen) atoms. The minimum atomic E-state index is 0.799. The molecule has 0 amide bonds. The molecule has 4 aliphatic heterocycles. The van der Waals surface area contributed by atoms with Gasteiger partial charge in [-0.2, -0.15) is 20.4 Å². The molecular formula is C50H68N20S4. The van der Waals surface area contributed by atoms with Gasteiger partial charge in [-0.05, 0) is 115 Å². The third kappa shape index (κ3) is 11.2. The van der Waals surface area contributed by atoms with Gasteiger partial charge in [0.15, 0.2) is 43.2 Å². The Morgan fingerprint density at radius 3 is 1.01 bits per heavy atom. The Morgan fingerprint density at radius 2 is 0.676 bits per heavy atom. The van der Waals surface area contributed by atoms with Gasteiger partial charge in [0.05, 0.1) is 33.9 Å². The van der Waals surface area contributed by atoms with E-state index in [1.807, 2.05) is 46.8 Å². The molecule has 0 spiro atoms. The summed E-state index contributed by atoms with van der Waals surface area (Å²) in [4.78, 5) is 47.7. The highest BCUT2D eigenvalue weighted by atomic mass is 32.2. The average Bonchev–Trinajstić information content (AvgIpc) is 4.29. The van der Waals surface area contributed by atoms with E-state index in [2.05, 4.69) is 61.5 Å². The van der Waals surface area contributed by atoms with Gasteiger partial charge in [0.2, 0.25) is 0 Å². The smallest absolute Gasteiger partial charge is 0.191 e. The number of aryl methyl sites for hydroxylation is 4. The van der Waals surface area contributed by atoms with Crippen LogP contribution in [-0.2, 0) is 26.2 Å². The van der Waals surface area contributed by atoms with E-state index in [1.165, 1.54) is 51.4 Å². The van der Waals surface area contributed by atoms with Crippen LogP contribution in [0.3, 0.4) is 0 Å². The number of rotatable bonds is 20. The first-order valence-electron chi connectivity index (χ1n) is 26.6. The number of anilines is 4. The molecular weight excluding hydrogens is 1010 g/mol. The Bertz CT molecular complexity index is 2950. The van der Waals surface area contributed by atoms with Crippen LogP contribution in [0.4, 0.5) is 23.3 Å². The number of hydrogen-bond donors (Lipinski definition) is 0. The first-order valence-corrected chi connectivity index (χ1v) is 31.5. The summed E-state index contributed by atoms with van der Waals surface area (Å²) in [5, 5.41) is 26.5. The number of nitrogens with zero attached hydrogens (tertiary/aromatic N) is 20. The van der Waals surface area contributed by atoms with Crippen molar-refractivity contribution in [1.29, 1.82) is 0 Å². The molecule has 12 rings (SSSR count). The van der Waals surface area contributed by atoms with Gasteiger partial charge in [0.25, 0.3) is 0 Å². The zero-order valence-corrected chi connectivity index (χ0v) is 46.5. The van der Waals surface area contributed by atoms with E-state index in [4.69, 9.17) is 40.1 Å². The molecule has 8 aromatic heterocycles. The third-order valence-corrected chi connectivity index (χ3v) is 16.7. The fourth-order valence-corrected chi connectivity index (χ4v) is 12.1. The summed E-state index contributed by atoms with van der Waals surface area (Å²) >= 11 is 6.36. The van der Waals surface area contributed by atoms with Crippen LogP contribution in [-0.4, -0.2) is 156 Å². The van der Waals surface area contributed by atoms with Crippen molar-refractivity contribution >= 4 is 114 Å². The lowest BCUT2D eigenvalue weighted by Crippen LogP contribution is -2.19. The summed E-state index contributed by atoms with van der Waals surface area (Å²) in [6.07, 6.45) is 32.5. The van der Waals surface area contributed by atoms with Crippen LogP contribution in [0.25, 0.3) is 44.1 Å². The Balaban J connectivity index is 0.000000159. The maximum absolute atomic E-state index is 4.82. The Hall–Kier alpha value is -5.20. The van der Waals surface area contributed by atoms with Gasteiger partial charge >= 0.3 is 0 Å². The number of aromatic nitrogens is 16. The lowest BCUT2D eigenvalue weighted by atomic mass is 10.2. The highest BCUT2D eigenvalue weighted by Gasteiger charge is 2.25. The van der Waals surface area contributed by atoms with Crippen molar-refractivity contribution < 1.29 is 0 Å². The van der Waals surface area contributed by atoms with E-state index in [0.717, 1.165) is 205 Å². The summed E-state index contributed by atoms with van der Waals surface area (Å²) in [6, 6.07) is 0. The number of thioether (sulfide) groups is 4. The van der Waals surface area contributed by atoms with Gasteiger partial charge in [-0.1, -0.05) is 47.0 Å². The Kier molecular flexibility index (Phi) is 16.4. The molecule has 0 saturated carbocycles. The Labute approximate surface area is 449 Å². The van der Waals surface area contributed by atoms with Gasteiger partial charge in [-0.3, -0.25) is 9.36 Å². The van der Waals surface area contributed by atoms with Crippen molar-refractivity contribution in [2.45, 2.75) is 137 Å². The maximum atomic E-state index is 4.82. The van der Waals surface area contributed by atoms with Crippen molar-refractivity contribution in [3.05, 3.63) is 24.8 Å². The van der Waals surface area contributed by atoms with Crippen LogP contribution in [0.15, 0.2) is 45.4 Å². The topological polar surface area (TPSA) is 187 Å². The molecule has 4 aliphatic rings. The largest absolute Gasteiger partial charge is 0.356 e. The van der Waals surface area contributed by atoms with Gasteiger partial charge in [0, 0.05) is 90.9 Å². The molecule has 12 heterocycles. The molecule has 24 heteroatoms. The standard InChI is InChI=1S/2C25H34N10S2/c2*1-36-24-27-20-19(22(29-24)33-12-8-9-13-33)17-34(31-20)14-4-3-5-15-35-23-18(16-26-35)21(28-25(30-23)37-2)32-10-6-7-11-32/h2*16-17H,3-15H2,1-2H3. The minimum absolute atomic E-state index is 0.799. The van der Waals surface area contributed by atoms with Crippen LogP contribution in [0.5, 0.6) is 0 Å². The predicted molar refractivity (Wildman–Crippen MR) is 302 cm³/mol. The normalized spacial score (nSPS) is 16.2. The molecule has 8 aromatic rings. The fraction of sp³-hybridized carbons (Fsp3) is 0.600. The second-order valence-electron chi connectivity index (χ2n) is 19.5. The van der Waals surface area contributed by atoms with Gasteiger partial charge < -0.3 is 19.6 Å². The maximum Gasteiger partial charge on any atom is 0.191 e. The van der Waals surface area contributed by atoms with E-state index in [1.54, 1.807) is 47.0 Å². The van der Waals surface area contributed by atoms with Gasteiger partial charge in [-0.15, -0.1) is 0 Å².